The molecule has 0 saturated carbocycles. The Morgan fingerprint density at radius 3 is 2.57 bits per heavy atom. The lowest BCUT2D eigenvalue weighted by Gasteiger charge is -2.38. The molecule has 150 valence electrons. The summed E-state index contributed by atoms with van der Waals surface area (Å²) < 4.78 is 10.4. The van der Waals surface area contributed by atoms with E-state index in [9.17, 15) is 14.4 Å². The standard InChI is InChI=1S/C21H25NO5S/c1-5-26-20(24)15-11(3)9-14-18(19(15)23)17(13-7-8-28-10-13)16(12(4)22-14)21(25)27-6-2/h7-8,10-11,15,17,22H,5-6,9H2,1-4H3/t11-,15-,17+/m1/s1. The third-order valence-corrected chi connectivity index (χ3v) is 5.90. The van der Waals surface area contributed by atoms with Crippen LogP contribution < -0.4 is 5.32 Å². The van der Waals surface area contributed by atoms with Crippen molar-refractivity contribution in [2.75, 3.05) is 13.2 Å². The summed E-state index contributed by atoms with van der Waals surface area (Å²) in [5, 5.41) is 7.08. The average Bonchev–Trinajstić information content (AvgIpc) is 3.15. The molecule has 0 radical (unpaired) electrons. The molecule has 2 aliphatic rings. The first-order valence-corrected chi connectivity index (χ1v) is 10.5. The molecule has 0 fully saturated rings. The summed E-state index contributed by atoms with van der Waals surface area (Å²) in [5.74, 6) is -2.81. The number of esters is 2. The van der Waals surface area contributed by atoms with Crippen molar-refractivity contribution < 1.29 is 23.9 Å². The van der Waals surface area contributed by atoms with Crippen molar-refractivity contribution in [1.82, 2.24) is 5.32 Å². The van der Waals surface area contributed by atoms with Crippen LogP contribution in [0.4, 0.5) is 0 Å². The van der Waals surface area contributed by atoms with E-state index in [4.69, 9.17) is 9.47 Å². The highest BCUT2D eigenvalue weighted by atomic mass is 32.1. The van der Waals surface area contributed by atoms with E-state index >= 15 is 0 Å². The fourth-order valence-electron chi connectivity index (χ4n) is 4.04. The van der Waals surface area contributed by atoms with Crippen molar-refractivity contribution >= 4 is 29.1 Å². The fourth-order valence-corrected chi connectivity index (χ4v) is 4.72. The first-order valence-electron chi connectivity index (χ1n) is 9.51. The second-order valence-electron chi connectivity index (χ2n) is 7.04. The van der Waals surface area contributed by atoms with E-state index in [-0.39, 0.29) is 24.9 Å². The molecule has 1 aliphatic heterocycles. The summed E-state index contributed by atoms with van der Waals surface area (Å²) in [4.78, 5) is 38.7. The van der Waals surface area contributed by atoms with E-state index in [1.165, 1.54) is 11.3 Å². The lowest BCUT2D eigenvalue weighted by atomic mass is 9.69. The zero-order chi connectivity index (χ0) is 20.4. The molecule has 0 spiro atoms. The number of hydrogen-bond donors (Lipinski definition) is 1. The monoisotopic (exact) mass is 403 g/mol. The van der Waals surface area contributed by atoms with Gasteiger partial charge in [-0.05, 0) is 55.5 Å². The normalized spacial score (nSPS) is 24.6. The number of allylic oxidation sites excluding steroid dienone is 3. The van der Waals surface area contributed by atoms with Crippen molar-refractivity contribution in [2.45, 2.75) is 40.0 Å². The van der Waals surface area contributed by atoms with Crippen LogP contribution in [-0.4, -0.2) is 30.9 Å². The van der Waals surface area contributed by atoms with Gasteiger partial charge in [0.2, 0.25) is 0 Å². The Bertz CT molecular complexity index is 852. The largest absolute Gasteiger partial charge is 0.465 e. The van der Waals surface area contributed by atoms with Gasteiger partial charge < -0.3 is 14.8 Å². The van der Waals surface area contributed by atoms with Crippen LogP contribution in [0.1, 0.15) is 45.6 Å². The third kappa shape index (κ3) is 3.51. The smallest absolute Gasteiger partial charge is 0.336 e. The number of ketones is 1. The Labute approximate surface area is 168 Å². The summed E-state index contributed by atoms with van der Waals surface area (Å²) >= 11 is 1.50. The molecule has 6 nitrogen and oxygen atoms in total. The minimum Gasteiger partial charge on any atom is -0.465 e. The van der Waals surface area contributed by atoms with E-state index in [1.807, 2.05) is 30.7 Å². The molecule has 1 N–H and O–H groups in total. The molecule has 3 rings (SSSR count). The van der Waals surface area contributed by atoms with Gasteiger partial charge in [-0.1, -0.05) is 6.92 Å². The maximum absolute atomic E-state index is 13.5. The molecule has 0 unspecified atom stereocenters. The van der Waals surface area contributed by atoms with Crippen LogP contribution in [0, 0.1) is 11.8 Å². The van der Waals surface area contributed by atoms with Crippen LogP contribution in [0.15, 0.2) is 39.4 Å². The molecule has 2 heterocycles. The van der Waals surface area contributed by atoms with Gasteiger partial charge in [-0.15, -0.1) is 0 Å². The number of carbonyl (C=O) groups excluding carboxylic acids is 3. The zero-order valence-electron chi connectivity index (χ0n) is 16.5. The van der Waals surface area contributed by atoms with Crippen LogP contribution >= 0.6 is 11.3 Å². The Hall–Kier alpha value is -2.41. The van der Waals surface area contributed by atoms with E-state index < -0.39 is 23.8 Å². The van der Waals surface area contributed by atoms with E-state index in [0.717, 1.165) is 11.3 Å². The number of thiophene rings is 1. The van der Waals surface area contributed by atoms with Crippen molar-refractivity contribution in [3.8, 4) is 0 Å². The van der Waals surface area contributed by atoms with E-state index in [1.54, 1.807) is 13.8 Å². The Balaban J connectivity index is 2.11. The van der Waals surface area contributed by atoms with Crippen LogP contribution in [0.25, 0.3) is 0 Å². The molecule has 7 heteroatoms. The number of Topliss-reactive ketones (excluding diaryl/α,β-unsaturated/α-hetero) is 1. The molecule has 0 saturated heterocycles. The number of rotatable bonds is 5. The van der Waals surface area contributed by atoms with Crippen LogP contribution in [0.5, 0.6) is 0 Å². The summed E-state index contributed by atoms with van der Waals surface area (Å²) in [6.07, 6.45) is 0.540. The van der Waals surface area contributed by atoms with Crippen LogP contribution in [0.3, 0.4) is 0 Å². The SMILES string of the molecule is CCOC(=O)C1=C(C)NC2=C(C(=O)[C@H](C(=O)OCC)[C@H](C)C2)[C@H]1c1ccsc1. The number of nitrogens with one attached hydrogen (secondary N) is 1. The molecule has 28 heavy (non-hydrogen) atoms. The molecule has 0 aromatic carbocycles. The fraction of sp³-hybridized carbons (Fsp3) is 0.476. The van der Waals surface area contributed by atoms with Gasteiger partial charge in [0.05, 0.1) is 18.8 Å². The highest BCUT2D eigenvalue weighted by Gasteiger charge is 2.47. The van der Waals surface area contributed by atoms with Gasteiger partial charge in [-0.25, -0.2) is 4.79 Å². The lowest BCUT2D eigenvalue weighted by molar-refractivity contribution is -0.153. The highest BCUT2D eigenvalue weighted by molar-refractivity contribution is 7.08. The number of dihydropyridines is 1. The number of hydrogen-bond acceptors (Lipinski definition) is 7. The van der Waals surface area contributed by atoms with Gasteiger partial charge in [-0.3, -0.25) is 9.59 Å². The molecule has 1 aromatic heterocycles. The summed E-state index contributed by atoms with van der Waals surface area (Å²) in [7, 11) is 0. The van der Waals surface area contributed by atoms with Gasteiger partial charge >= 0.3 is 11.9 Å². The Morgan fingerprint density at radius 1 is 1.25 bits per heavy atom. The quantitative estimate of drug-likeness (QED) is 0.600. The third-order valence-electron chi connectivity index (χ3n) is 5.20. The molecular weight excluding hydrogens is 378 g/mol. The first-order chi connectivity index (χ1) is 13.4. The first kappa shape index (κ1) is 20.3. The lowest BCUT2D eigenvalue weighted by Crippen LogP contribution is -2.43. The Morgan fingerprint density at radius 2 is 1.96 bits per heavy atom. The van der Waals surface area contributed by atoms with Gasteiger partial charge in [0.15, 0.2) is 5.78 Å². The number of ether oxygens (including phenoxy) is 2. The molecule has 1 aromatic rings. The maximum Gasteiger partial charge on any atom is 0.336 e. The van der Waals surface area contributed by atoms with Crippen molar-refractivity contribution in [3.63, 3.8) is 0 Å². The van der Waals surface area contributed by atoms with Crippen molar-refractivity contribution in [2.24, 2.45) is 11.8 Å². The number of carbonyl (C=O) groups is 3. The summed E-state index contributed by atoms with van der Waals surface area (Å²) in [6, 6.07) is 1.91. The minimum atomic E-state index is -0.858. The van der Waals surface area contributed by atoms with Crippen LogP contribution in [-0.2, 0) is 23.9 Å². The second kappa shape index (κ2) is 8.31. The molecule has 0 bridgehead atoms. The Kier molecular flexibility index (Phi) is 6.03. The minimum absolute atomic E-state index is 0.183. The molecular formula is C21H25NO5S. The van der Waals surface area contributed by atoms with E-state index in [2.05, 4.69) is 5.32 Å². The van der Waals surface area contributed by atoms with Gasteiger partial charge in [0.1, 0.15) is 5.92 Å². The van der Waals surface area contributed by atoms with Gasteiger partial charge in [-0.2, -0.15) is 11.3 Å². The van der Waals surface area contributed by atoms with Crippen LogP contribution in [0.2, 0.25) is 0 Å². The van der Waals surface area contributed by atoms with E-state index in [0.29, 0.717) is 23.3 Å². The summed E-state index contributed by atoms with van der Waals surface area (Å²) in [6.45, 7) is 7.64. The van der Waals surface area contributed by atoms with Crippen molar-refractivity contribution in [1.29, 1.82) is 0 Å². The highest BCUT2D eigenvalue weighted by Crippen LogP contribution is 2.45. The predicted octanol–water partition coefficient (Wildman–Crippen LogP) is 3.31. The average molecular weight is 404 g/mol. The van der Waals surface area contributed by atoms with Gasteiger partial charge in [0, 0.05) is 22.9 Å². The van der Waals surface area contributed by atoms with Gasteiger partial charge in [0.25, 0.3) is 0 Å². The summed E-state index contributed by atoms with van der Waals surface area (Å²) in [5.41, 5.74) is 3.21. The second-order valence-corrected chi connectivity index (χ2v) is 7.82. The molecule has 3 atom stereocenters. The van der Waals surface area contributed by atoms with Crippen molar-refractivity contribution in [3.05, 3.63) is 44.9 Å². The molecule has 0 amide bonds. The zero-order valence-corrected chi connectivity index (χ0v) is 17.4. The predicted molar refractivity (Wildman–Crippen MR) is 105 cm³/mol. The maximum atomic E-state index is 13.5. The topological polar surface area (TPSA) is 81.7 Å². The molecule has 1 aliphatic carbocycles.